The van der Waals surface area contributed by atoms with Crippen molar-refractivity contribution in [2.45, 2.75) is 31.6 Å². The number of benzene rings is 2. The van der Waals surface area contributed by atoms with Crippen LogP contribution < -0.4 is 0 Å². The molecule has 0 N–H and O–H groups in total. The zero-order valence-corrected chi connectivity index (χ0v) is 17.5. The van der Waals surface area contributed by atoms with Crippen molar-refractivity contribution in [1.82, 2.24) is 4.90 Å². The molecule has 1 fully saturated rings. The van der Waals surface area contributed by atoms with Gasteiger partial charge < -0.3 is 18.8 Å². The van der Waals surface area contributed by atoms with Crippen LogP contribution in [0.2, 0.25) is 0 Å². The van der Waals surface area contributed by atoms with Gasteiger partial charge in [0.15, 0.2) is 0 Å². The maximum Gasteiger partial charge on any atom is 0.409 e. The number of rotatable bonds is 7. The summed E-state index contributed by atoms with van der Waals surface area (Å²) in [6.45, 7) is 4.97. The van der Waals surface area contributed by atoms with Crippen LogP contribution in [0.1, 0.15) is 42.9 Å². The SMILES string of the molecule is C[C@@H](C[C@H](CCOC(=O)N1CCOCC1)c1ccccc1)c1cc2ccccc2o1. The fourth-order valence-corrected chi connectivity index (χ4v) is 4.06. The minimum atomic E-state index is -0.240. The van der Waals surface area contributed by atoms with E-state index in [1.165, 1.54) is 5.56 Å². The number of fused-ring (bicyclic) bond motifs is 1. The molecule has 0 aliphatic carbocycles. The second-order valence-corrected chi connectivity index (χ2v) is 7.93. The molecule has 1 aromatic heterocycles. The van der Waals surface area contributed by atoms with Gasteiger partial charge in [-0.2, -0.15) is 0 Å². The van der Waals surface area contributed by atoms with Crippen LogP contribution in [-0.4, -0.2) is 43.9 Å². The Hall–Kier alpha value is -2.79. The molecule has 2 atom stereocenters. The van der Waals surface area contributed by atoms with Crippen molar-refractivity contribution in [2.75, 3.05) is 32.9 Å². The highest BCUT2D eigenvalue weighted by molar-refractivity contribution is 5.77. The molecule has 0 spiro atoms. The molecule has 0 bridgehead atoms. The number of amides is 1. The molecule has 4 rings (SSSR count). The number of morpholine rings is 1. The highest BCUT2D eigenvalue weighted by Gasteiger charge is 2.22. The predicted molar refractivity (Wildman–Crippen MR) is 117 cm³/mol. The second-order valence-electron chi connectivity index (χ2n) is 7.93. The van der Waals surface area contributed by atoms with Crippen molar-refractivity contribution in [3.8, 4) is 0 Å². The number of hydrogen-bond acceptors (Lipinski definition) is 4. The fraction of sp³-hybridized carbons (Fsp3) is 0.400. The van der Waals surface area contributed by atoms with E-state index in [1.54, 1.807) is 4.90 Å². The first-order chi connectivity index (χ1) is 14.7. The lowest BCUT2D eigenvalue weighted by Crippen LogP contribution is -2.41. The Labute approximate surface area is 177 Å². The molecule has 1 saturated heterocycles. The lowest BCUT2D eigenvalue weighted by Gasteiger charge is -2.26. The molecule has 1 aliphatic heterocycles. The molecule has 2 aromatic carbocycles. The van der Waals surface area contributed by atoms with Gasteiger partial charge in [-0.15, -0.1) is 0 Å². The summed E-state index contributed by atoms with van der Waals surface area (Å²) in [6, 6.07) is 20.7. The van der Waals surface area contributed by atoms with E-state index in [0.717, 1.165) is 29.6 Å². The van der Waals surface area contributed by atoms with Gasteiger partial charge in [-0.1, -0.05) is 55.5 Å². The summed E-state index contributed by atoms with van der Waals surface area (Å²) in [5.74, 6) is 1.55. The molecule has 30 heavy (non-hydrogen) atoms. The van der Waals surface area contributed by atoms with Crippen molar-refractivity contribution in [3.05, 3.63) is 72.0 Å². The minimum Gasteiger partial charge on any atom is -0.461 e. The Bertz CT molecular complexity index is 913. The number of carbonyl (C=O) groups is 1. The number of nitrogens with zero attached hydrogens (tertiary/aromatic N) is 1. The Morgan fingerprint density at radius 2 is 1.80 bits per heavy atom. The number of furan rings is 1. The van der Waals surface area contributed by atoms with E-state index >= 15 is 0 Å². The van der Waals surface area contributed by atoms with Gasteiger partial charge >= 0.3 is 6.09 Å². The average molecular weight is 408 g/mol. The summed E-state index contributed by atoms with van der Waals surface area (Å²) >= 11 is 0. The van der Waals surface area contributed by atoms with E-state index in [9.17, 15) is 4.79 Å². The van der Waals surface area contributed by atoms with E-state index in [0.29, 0.717) is 32.9 Å². The molecule has 5 nitrogen and oxygen atoms in total. The maximum atomic E-state index is 12.3. The Kier molecular flexibility index (Phi) is 6.70. The lowest BCUT2D eigenvalue weighted by molar-refractivity contribution is 0.0263. The van der Waals surface area contributed by atoms with Crippen LogP contribution in [0.15, 0.2) is 65.1 Å². The molecule has 0 radical (unpaired) electrons. The third-order valence-electron chi connectivity index (χ3n) is 5.80. The van der Waals surface area contributed by atoms with E-state index < -0.39 is 0 Å². The van der Waals surface area contributed by atoms with Crippen LogP contribution >= 0.6 is 0 Å². The minimum absolute atomic E-state index is 0.240. The van der Waals surface area contributed by atoms with Crippen molar-refractivity contribution < 1.29 is 18.7 Å². The van der Waals surface area contributed by atoms with Crippen molar-refractivity contribution >= 4 is 17.1 Å². The van der Waals surface area contributed by atoms with Gasteiger partial charge in [0.1, 0.15) is 11.3 Å². The zero-order valence-electron chi connectivity index (χ0n) is 17.5. The van der Waals surface area contributed by atoms with E-state index in [-0.39, 0.29) is 17.9 Å². The predicted octanol–water partition coefficient (Wildman–Crippen LogP) is 5.57. The van der Waals surface area contributed by atoms with Gasteiger partial charge in [-0.3, -0.25) is 0 Å². The highest BCUT2D eigenvalue weighted by atomic mass is 16.6. The molecular formula is C25H29NO4. The Balaban J connectivity index is 1.40. The third-order valence-corrected chi connectivity index (χ3v) is 5.80. The normalized spacial score (nSPS) is 16.4. The van der Waals surface area contributed by atoms with Crippen LogP contribution in [0.25, 0.3) is 11.0 Å². The van der Waals surface area contributed by atoms with Gasteiger partial charge in [0.25, 0.3) is 0 Å². The van der Waals surface area contributed by atoms with Gasteiger partial charge in [-0.25, -0.2) is 4.79 Å². The molecule has 5 heteroatoms. The van der Waals surface area contributed by atoms with Gasteiger partial charge in [-0.05, 0) is 36.5 Å². The molecule has 3 aromatic rings. The van der Waals surface area contributed by atoms with Crippen molar-refractivity contribution in [1.29, 1.82) is 0 Å². The number of ether oxygens (including phenoxy) is 2. The van der Waals surface area contributed by atoms with Crippen LogP contribution in [0.5, 0.6) is 0 Å². The molecule has 1 amide bonds. The fourth-order valence-electron chi connectivity index (χ4n) is 4.06. The summed E-state index contributed by atoms with van der Waals surface area (Å²) in [5, 5.41) is 1.13. The first-order valence-corrected chi connectivity index (χ1v) is 10.7. The zero-order chi connectivity index (χ0) is 20.8. The molecule has 158 valence electrons. The summed E-state index contributed by atoms with van der Waals surface area (Å²) < 4.78 is 17.0. The van der Waals surface area contributed by atoms with Gasteiger partial charge in [0, 0.05) is 24.4 Å². The van der Waals surface area contributed by atoms with Crippen LogP contribution in [0, 0.1) is 0 Å². The summed E-state index contributed by atoms with van der Waals surface area (Å²) in [5.41, 5.74) is 2.19. The second kappa shape index (κ2) is 9.81. The maximum absolute atomic E-state index is 12.3. The monoisotopic (exact) mass is 407 g/mol. The largest absolute Gasteiger partial charge is 0.461 e. The topological polar surface area (TPSA) is 51.9 Å². The summed E-state index contributed by atoms with van der Waals surface area (Å²) in [6.07, 6.45) is 1.47. The third kappa shape index (κ3) is 5.03. The molecule has 2 heterocycles. The van der Waals surface area contributed by atoms with E-state index in [2.05, 4.69) is 43.3 Å². The van der Waals surface area contributed by atoms with Crippen molar-refractivity contribution in [3.63, 3.8) is 0 Å². The van der Waals surface area contributed by atoms with Crippen LogP contribution in [-0.2, 0) is 9.47 Å². The van der Waals surface area contributed by atoms with Gasteiger partial charge in [0.2, 0.25) is 0 Å². The molecule has 0 saturated carbocycles. The average Bonchev–Trinajstić information content (AvgIpc) is 3.24. The van der Waals surface area contributed by atoms with E-state index in [1.807, 2.05) is 24.3 Å². The first kappa shape index (κ1) is 20.5. The van der Waals surface area contributed by atoms with E-state index in [4.69, 9.17) is 13.9 Å². The standard InChI is InChI=1S/C25H29NO4/c1-19(24-18-22-9-5-6-10-23(22)30-24)17-21(20-7-3-2-4-8-20)11-14-29-25(27)26-12-15-28-16-13-26/h2-10,18-19,21H,11-17H2,1H3/t19-,21-/m0/s1. The quantitative estimate of drug-likeness (QED) is 0.514. The van der Waals surface area contributed by atoms with Crippen LogP contribution in [0.4, 0.5) is 4.79 Å². The smallest absolute Gasteiger partial charge is 0.409 e. The lowest BCUT2D eigenvalue weighted by atomic mass is 9.86. The molecular weight excluding hydrogens is 378 g/mol. The van der Waals surface area contributed by atoms with Crippen molar-refractivity contribution in [2.24, 2.45) is 0 Å². The number of carbonyl (C=O) groups excluding carboxylic acids is 1. The Morgan fingerprint density at radius 3 is 2.57 bits per heavy atom. The Morgan fingerprint density at radius 1 is 1.07 bits per heavy atom. The summed E-state index contributed by atoms with van der Waals surface area (Å²) in [7, 11) is 0. The number of hydrogen-bond donors (Lipinski definition) is 0. The summed E-state index contributed by atoms with van der Waals surface area (Å²) in [4.78, 5) is 14.0. The van der Waals surface area contributed by atoms with Gasteiger partial charge in [0.05, 0.1) is 19.8 Å². The molecule has 1 aliphatic rings. The molecule has 0 unspecified atom stereocenters. The number of para-hydroxylation sites is 1. The highest BCUT2D eigenvalue weighted by Crippen LogP contribution is 2.34. The first-order valence-electron chi connectivity index (χ1n) is 10.7. The van der Waals surface area contributed by atoms with Crippen LogP contribution in [0.3, 0.4) is 0 Å².